The zero-order valence-corrected chi connectivity index (χ0v) is 10.8. The Morgan fingerprint density at radius 2 is 2.27 bits per heavy atom. The van der Waals surface area contributed by atoms with Crippen molar-refractivity contribution >= 4 is 15.9 Å². The van der Waals surface area contributed by atoms with Crippen LogP contribution in [0.15, 0.2) is 0 Å². The predicted molar refractivity (Wildman–Crippen MR) is 61.7 cm³/mol. The number of hydrogen-bond acceptors (Lipinski definition) is 3. The molecule has 1 aliphatic carbocycles. The van der Waals surface area contributed by atoms with Crippen LogP contribution in [0.5, 0.6) is 0 Å². The number of tetrazole rings is 1. The van der Waals surface area contributed by atoms with Gasteiger partial charge in [0.2, 0.25) is 0 Å². The average Bonchev–Trinajstić information content (AvgIpc) is 2.58. The molecule has 0 aromatic carbocycles. The zero-order chi connectivity index (χ0) is 10.8. The monoisotopic (exact) mass is 272 g/mol. The van der Waals surface area contributed by atoms with E-state index in [0.29, 0.717) is 10.7 Å². The van der Waals surface area contributed by atoms with Gasteiger partial charge in [0.15, 0.2) is 5.82 Å². The fourth-order valence-electron chi connectivity index (χ4n) is 2.28. The molecule has 1 aromatic heterocycles. The molecule has 1 aliphatic rings. The quantitative estimate of drug-likeness (QED) is 0.773. The Hall–Kier alpha value is -0.450. The Kier molecular flexibility index (Phi) is 3.38. The highest BCUT2D eigenvalue weighted by molar-refractivity contribution is 9.09. The number of halogens is 1. The molecule has 3 atom stereocenters. The Morgan fingerprint density at radius 3 is 2.93 bits per heavy atom. The van der Waals surface area contributed by atoms with Crippen molar-refractivity contribution in [3.05, 3.63) is 5.82 Å². The topological polar surface area (TPSA) is 43.6 Å². The lowest BCUT2D eigenvalue weighted by Crippen LogP contribution is -2.25. The van der Waals surface area contributed by atoms with Crippen LogP contribution in [0.3, 0.4) is 0 Å². The van der Waals surface area contributed by atoms with Crippen LogP contribution in [0, 0.1) is 11.8 Å². The van der Waals surface area contributed by atoms with Gasteiger partial charge in [0.25, 0.3) is 0 Å². The Morgan fingerprint density at radius 1 is 1.47 bits per heavy atom. The number of hydrogen-bond donors (Lipinski definition) is 0. The van der Waals surface area contributed by atoms with E-state index in [9.17, 15) is 0 Å². The second-order valence-corrected chi connectivity index (χ2v) is 5.84. The maximum Gasteiger partial charge on any atom is 0.175 e. The summed E-state index contributed by atoms with van der Waals surface area (Å²) >= 11 is 3.71. The molecule has 84 valence electrons. The number of alkyl halides is 1. The van der Waals surface area contributed by atoms with Crippen LogP contribution in [0.25, 0.3) is 0 Å². The SMILES string of the molecule is CC1CCC(Br)CC1Cc1nnn(C)n1. The Balaban J connectivity index is 1.98. The first-order chi connectivity index (χ1) is 7.15. The molecule has 0 radical (unpaired) electrons. The Labute approximate surface area is 98.6 Å². The molecule has 0 saturated heterocycles. The molecule has 0 N–H and O–H groups in total. The maximum atomic E-state index is 4.24. The second kappa shape index (κ2) is 4.60. The molecule has 0 bridgehead atoms. The number of aryl methyl sites for hydroxylation is 1. The first kappa shape index (κ1) is 11.0. The van der Waals surface area contributed by atoms with Crippen molar-refractivity contribution in [1.82, 2.24) is 20.2 Å². The van der Waals surface area contributed by atoms with Gasteiger partial charge in [-0.3, -0.25) is 0 Å². The van der Waals surface area contributed by atoms with E-state index in [2.05, 4.69) is 38.3 Å². The van der Waals surface area contributed by atoms with Crippen LogP contribution in [-0.4, -0.2) is 25.0 Å². The lowest BCUT2D eigenvalue weighted by atomic mass is 9.78. The van der Waals surface area contributed by atoms with E-state index >= 15 is 0 Å². The molecule has 0 amide bonds. The summed E-state index contributed by atoms with van der Waals surface area (Å²) in [6.07, 6.45) is 4.81. The minimum Gasteiger partial charge on any atom is -0.167 e. The van der Waals surface area contributed by atoms with E-state index in [1.165, 1.54) is 24.1 Å². The molecular formula is C10H17BrN4. The van der Waals surface area contributed by atoms with Gasteiger partial charge in [0, 0.05) is 11.2 Å². The van der Waals surface area contributed by atoms with Crippen LogP contribution in [0.1, 0.15) is 32.0 Å². The van der Waals surface area contributed by atoms with Crippen molar-refractivity contribution in [2.24, 2.45) is 18.9 Å². The van der Waals surface area contributed by atoms with Crippen molar-refractivity contribution in [2.75, 3.05) is 0 Å². The molecule has 1 saturated carbocycles. The van der Waals surface area contributed by atoms with Gasteiger partial charge >= 0.3 is 0 Å². The fraction of sp³-hybridized carbons (Fsp3) is 0.900. The van der Waals surface area contributed by atoms with Gasteiger partial charge in [-0.25, -0.2) is 0 Å². The van der Waals surface area contributed by atoms with Crippen molar-refractivity contribution in [1.29, 1.82) is 0 Å². The molecule has 1 fully saturated rings. The van der Waals surface area contributed by atoms with Crippen molar-refractivity contribution in [3.8, 4) is 0 Å². The lowest BCUT2D eigenvalue weighted by molar-refractivity contribution is 0.259. The van der Waals surface area contributed by atoms with Gasteiger partial charge in [-0.2, -0.15) is 4.80 Å². The van der Waals surface area contributed by atoms with Crippen molar-refractivity contribution in [2.45, 2.75) is 37.4 Å². The summed E-state index contributed by atoms with van der Waals surface area (Å²) in [7, 11) is 1.81. The highest BCUT2D eigenvalue weighted by atomic mass is 79.9. The summed E-state index contributed by atoms with van der Waals surface area (Å²) in [5.74, 6) is 2.37. The smallest absolute Gasteiger partial charge is 0.167 e. The highest BCUT2D eigenvalue weighted by Crippen LogP contribution is 2.34. The van der Waals surface area contributed by atoms with E-state index < -0.39 is 0 Å². The van der Waals surface area contributed by atoms with Crippen molar-refractivity contribution in [3.63, 3.8) is 0 Å². The molecule has 0 spiro atoms. The van der Waals surface area contributed by atoms with Crippen LogP contribution < -0.4 is 0 Å². The first-order valence-corrected chi connectivity index (χ1v) is 6.43. The summed E-state index contributed by atoms with van der Waals surface area (Å²) in [6.45, 7) is 2.33. The number of rotatable bonds is 2. The number of nitrogens with zero attached hydrogens (tertiary/aromatic N) is 4. The first-order valence-electron chi connectivity index (χ1n) is 5.52. The minimum absolute atomic E-state index is 0.676. The zero-order valence-electron chi connectivity index (χ0n) is 9.23. The summed E-state index contributed by atoms with van der Waals surface area (Å²) in [6, 6.07) is 0. The lowest BCUT2D eigenvalue weighted by Gasteiger charge is -2.30. The summed E-state index contributed by atoms with van der Waals surface area (Å²) in [4.78, 5) is 2.21. The van der Waals surface area contributed by atoms with Gasteiger partial charge < -0.3 is 0 Å². The third kappa shape index (κ3) is 2.77. The molecule has 5 heteroatoms. The van der Waals surface area contributed by atoms with E-state index in [-0.39, 0.29) is 0 Å². The van der Waals surface area contributed by atoms with E-state index in [0.717, 1.165) is 18.2 Å². The number of aromatic nitrogens is 4. The van der Waals surface area contributed by atoms with Crippen molar-refractivity contribution < 1.29 is 0 Å². The predicted octanol–water partition coefficient (Wildman–Crippen LogP) is 1.95. The van der Waals surface area contributed by atoms with Crippen LogP contribution in [0.2, 0.25) is 0 Å². The van der Waals surface area contributed by atoms with Crippen LogP contribution in [-0.2, 0) is 13.5 Å². The van der Waals surface area contributed by atoms with Gasteiger partial charge in [0.05, 0.1) is 7.05 Å². The Bertz CT molecular complexity index is 325. The molecule has 15 heavy (non-hydrogen) atoms. The molecule has 2 rings (SSSR count). The van der Waals surface area contributed by atoms with E-state index in [1.54, 1.807) is 0 Å². The second-order valence-electron chi connectivity index (χ2n) is 4.55. The minimum atomic E-state index is 0.676. The van der Waals surface area contributed by atoms with E-state index in [1.807, 2.05) is 7.05 Å². The summed E-state index contributed by atoms with van der Waals surface area (Å²) < 4.78 is 0. The van der Waals surface area contributed by atoms with E-state index in [4.69, 9.17) is 0 Å². The molecule has 0 aliphatic heterocycles. The normalized spacial score (nSPS) is 31.8. The van der Waals surface area contributed by atoms with Gasteiger partial charge in [-0.15, -0.1) is 10.2 Å². The molecule has 4 nitrogen and oxygen atoms in total. The largest absolute Gasteiger partial charge is 0.175 e. The van der Waals surface area contributed by atoms with Gasteiger partial charge in [-0.1, -0.05) is 22.9 Å². The fourth-order valence-corrected chi connectivity index (χ4v) is 3.03. The highest BCUT2D eigenvalue weighted by Gasteiger charge is 2.27. The van der Waals surface area contributed by atoms with Crippen LogP contribution >= 0.6 is 15.9 Å². The van der Waals surface area contributed by atoms with Crippen LogP contribution in [0.4, 0.5) is 0 Å². The average molecular weight is 273 g/mol. The third-order valence-electron chi connectivity index (χ3n) is 3.29. The summed E-state index contributed by atoms with van der Waals surface area (Å²) in [5.41, 5.74) is 0. The molecule has 1 heterocycles. The van der Waals surface area contributed by atoms with Gasteiger partial charge in [0.1, 0.15) is 0 Å². The third-order valence-corrected chi connectivity index (χ3v) is 4.12. The summed E-state index contributed by atoms with van der Waals surface area (Å²) in [5, 5.41) is 12.2. The maximum absolute atomic E-state index is 4.24. The molecule has 3 unspecified atom stereocenters. The van der Waals surface area contributed by atoms with Gasteiger partial charge in [-0.05, 0) is 36.3 Å². The molecular weight excluding hydrogens is 256 g/mol. The standard InChI is InChI=1S/C10H17BrN4/c1-7-3-4-9(11)5-8(7)6-10-12-14-15(2)13-10/h7-9H,3-6H2,1-2H3. The molecule has 1 aromatic rings.